The molecule has 0 fully saturated rings. The second kappa shape index (κ2) is 9.60. The van der Waals surface area contributed by atoms with Crippen molar-refractivity contribution in [2.45, 2.75) is 31.4 Å². The van der Waals surface area contributed by atoms with Crippen LogP contribution < -0.4 is 10.2 Å². The Balaban J connectivity index is 1.58. The number of hydrogen-bond donors (Lipinski definition) is 3. The number of carbonyl (C=O) groups is 2. The number of hydrogen-bond acceptors (Lipinski definition) is 6. The van der Waals surface area contributed by atoms with Gasteiger partial charge in [0.2, 0.25) is 5.91 Å². The number of pyridine rings is 2. The highest BCUT2D eigenvalue weighted by atomic mass is 35.5. The highest BCUT2D eigenvalue weighted by Gasteiger charge is 2.39. The molecular formula is C23H23ClN4O4. The maximum Gasteiger partial charge on any atom is 0.260 e. The lowest BCUT2D eigenvalue weighted by molar-refractivity contribution is -0.121. The van der Waals surface area contributed by atoms with E-state index in [1.54, 1.807) is 30.3 Å². The van der Waals surface area contributed by atoms with Crippen LogP contribution in [-0.4, -0.2) is 51.3 Å². The number of aliphatic hydroxyl groups is 2. The van der Waals surface area contributed by atoms with Crippen molar-refractivity contribution >= 4 is 40.3 Å². The fourth-order valence-corrected chi connectivity index (χ4v) is 4.02. The van der Waals surface area contributed by atoms with E-state index in [4.69, 9.17) is 16.7 Å². The molecule has 8 nitrogen and oxygen atoms in total. The molecule has 2 unspecified atom stereocenters. The third-order valence-corrected chi connectivity index (χ3v) is 5.68. The minimum absolute atomic E-state index is 0.0432. The summed E-state index contributed by atoms with van der Waals surface area (Å²) < 4.78 is 0. The molecule has 0 bridgehead atoms. The summed E-state index contributed by atoms with van der Waals surface area (Å²) in [6.45, 7) is 0.169. The molecule has 1 aromatic carbocycles. The molecule has 3 N–H and O–H groups in total. The monoisotopic (exact) mass is 454 g/mol. The van der Waals surface area contributed by atoms with Gasteiger partial charge in [-0.2, -0.15) is 0 Å². The Morgan fingerprint density at radius 2 is 1.91 bits per heavy atom. The standard InChI is InChI=1S/C23H23ClN4O4/c24-19-7-5-14-6-8-20(27-22(14)26-19)28-18(16-3-1-2-4-17(16)23(28)32)13-21(31)25-11-9-15(30)10-12-29/h1-8,15,18,29-30H,9-13H2,(H,25,31). The highest BCUT2D eigenvalue weighted by molar-refractivity contribution is 6.29. The van der Waals surface area contributed by atoms with E-state index in [1.165, 1.54) is 4.90 Å². The molecule has 9 heteroatoms. The summed E-state index contributed by atoms with van der Waals surface area (Å²) in [6, 6.07) is 13.7. The Morgan fingerprint density at radius 3 is 2.72 bits per heavy atom. The van der Waals surface area contributed by atoms with Crippen molar-refractivity contribution in [3.63, 3.8) is 0 Å². The molecule has 2 amide bonds. The molecule has 0 radical (unpaired) electrons. The molecule has 0 spiro atoms. The highest BCUT2D eigenvalue weighted by Crippen LogP contribution is 2.39. The van der Waals surface area contributed by atoms with Gasteiger partial charge in [-0.15, -0.1) is 0 Å². The van der Waals surface area contributed by atoms with Gasteiger partial charge in [0.05, 0.1) is 18.6 Å². The van der Waals surface area contributed by atoms with Gasteiger partial charge in [-0.05, 0) is 48.7 Å². The number of amides is 2. The largest absolute Gasteiger partial charge is 0.396 e. The van der Waals surface area contributed by atoms with Crippen LogP contribution in [0.5, 0.6) is 0 Å². The fourth-order valence-electron chi connectivity index (χ4n) is 3.88. The molecule has 0 aliphatic carbocycles. The quantitative estimate of drug-likeness (QED) is 0.450. The summed E-state index contributed by atoms with van der Waals surface area (Å²) in [6.07, 6.45) is -0.0253. The van der Waals surface area contributed by atoms with Crippen molar-refractivity contribution < 1.29 is 19.8 Å². The van der Waals surface area contributed by atoms with Gasteiger partial charge in [0.25, 0.3) is 5.91 Å². The fraction of sp³-hybridized carbons (Fsp3) is 0.304. The first kappa shape index (κ1) is 22.1. The van der Waals surface area contributed by atoms with Crippen LogP contribution in [0.4, 0.5) is 5.82 Å². The zero-order valence-electron chi connectivity index (χ0n) is 17.2. The third-order valence-electron chi connectivity index (χ3n) is 5.47. The SMILES string of the molecule is O=C(CC1c2ccccc2C(=O)N1c1ccc2ccc(Cl)nc2n1)NCCC(O)CCO. The first-order valence-electron chi connectivity index (χ1n) is 10.4. The Labute approximate surface area is 189 Å². The molecule has 3 heterocycles. The summed E-state index contributed by atoms with van der Waals surface area (Å²) in [5.74, 6) is -0.0852. The molecule has 3 aromatic rings. The normalized spacial score (nSPS) is 16.3. The van der Waals surface area contributed by atoms with Crippen molar-refractivity contribution in [3.8, 4) is 0 Å². The average molecular weight is 455 g/mol. The lowest BCUT2D eigenvalue weighted by Crippen LogP contribution is -2.34. The van der Waals surface area contributed by atoms with Crippen molar-refractivity contribution in [2.75, 3.05) is 18.1 Å². The van der Waals surface area contributed by atoms with Gasteiger partial charge in [0.15, 0.2) is 5.65 Å². The van der Waals surface area contributed by atoms with E-state index in [1.807, 2.05) is 18.2 Å². The van der Waals surface area contributed by atoms with E-state index in [0.29, 0.717) is 28.6 Å². The van der Waals surface area contributed by atoms with E-state index in [-0.39, 0.29) is 37.8 Å². The number of benzene rings is 1. The molecular weight excluding hydrogens is 432 g/mol. The van der Waals surface area contributed by atoms with Crippen LogP contribution in [-0.2, 0) is 4.79 Å². The summed E-state index contributed by atoms with van der Waals surface area (Å²) in [7, 11) is 0. The molecule has 2 aromatic heterocycles. The molecule has 0 saturated heterocycles. The predicted molar refractivity (Wildman–Crippen MR) is 120 cm³/mol. The Bertz CT molecular complexity index is 1160. The van der Waals surface area contributed by atoms with Gasteiger partial charge in [-0.3, -0.25) is 14.5 Å². The summed E-state index contributed by atoms with van der Waals surface area (Å²) in [5, 5.41) is 22.5. The van der Waals surface area contributed by atoms with E-state index >= 15 is 0 Å². The second-order valence-corrected chi connectivity index (χ2v) is 8.02. The van der Waals surface area contributed by atoms with Gasteiger partial charge >= 0.3 is 0 Å². The first-order chi connectivity index (χ1) is 15.5. The van der Waals surface area contributed by atoms with Crippen LogP contribution in [0.2, 0.25) is 5.15 Å². The van der Waals surface area contributed by atoms with Gasteiger partial charge in [-0.1, -0.05) is 29.8 Å². The number of nitrogens with one attached hydrogen (secondary N) is 1. The molecule has 2 atom stereocenters. The van der Waals surface area contributed by atoms with Gasteiger partial charge in [0.1, 0.15) is 11.0 Å². The minimum Gasteiger partial charge on any atom is -0.396 e. The molecule has 166 valence electrons. The number of nitrogens with zero attached hydrogens (tertiary/aromatic N) is 3. The maximum atomic E-state index is 13.2. The van der Waals surface area contributed by atoms with E-state index in [0.717, 1.165) is 10.9 Å². The van der Waals surface area contributed by atoms with Crippen LogP contribution in [0.1, 0.15) is 41.2 Å². The predicted octanol–water partition coefficient (Wildman–Crippen LogP) is 2.62. The van der Waals surface area contributed by atoms with Crippen molar-refractivity contribution in [1.82, 2.24) is 15.3 Å². The lowest BCUT2D eigenvalue weighted by atomic mass is 10.0. The number of aromatic nitrogens is 2. The topological polar surface area (TPSA) is 116 Å². The lowest BCUT2D eigenvalue weighted by Gasteiger charge is -2.24. The summed E-state index contributed by atoms with van der Waals surface area (Å²) >= 11 is 6.00. The molecule has 4 rings (SSSR count). The van der Waals surface area contributed by atoms with Gasteiger partial charge in [-0.25, -0.2) is 9.97 Å². The van der Waals surface area contributed by atoms with Crippen molar-refractivity contribution in [3.05, 3.63) is 64.8 Å². The zero-order valence-corrected chi connectivity index (χ0v) is 18.0. The van der Waals surface area contributed by atoms with E-state index < -0.39 is 12.1 Å². The number of halogens is 1. The van der Waals surface area contributed by atoms with Crippen molar-refractivity contribution in [1.29, 1.82) is 0 Å². The van der Waals surface area contributed by atoms with Gasteiger partial charge < -0.3 is 15.5 Å². The van der Waals surface area contributed by atoms with E-state index in [9.17, 15) is 14.7 Å². The number of rotatable bonds is 8. The van der Waals surface area contributed by atoms with Crippen molar-refractivity contribution in [2.24, 2.45) is 0 Å². The number of anilines is 1. The zero-order chi connectivity index (χ0) is 22.7. The summed E-state index contributed by atoms with van der Waals surface area (Å²) in [4.78, 5) is 36.2. The Kier molecular flexibility index (Phi) is 6.64. The van der Waals surface area contributed by atoms with Crippen LogP contribution in [0.25, 0.3) is 11.0 Å². The van der Waals surface area contributed by atoms with Crippen LogP contribution in [0.3, 0.4) is 0 Å². The van der Waals surface area contributed by atoms with Crippen LogP contribution in [0.15, 0.2) is 48.5 Å². The molecule has 32 heavy (non-hydrogen) atoms. The smallest absolute Gasteiger partial charge is 0.260 e. The third kappa shape index (κ3) is 4.57. The minimum atomic E-state index is -0.674. The number of carbonyl (C=O) groups excluding carboxylic acids is 2. The van der Waals surface area contributed by atoms with Crippen LogP contribution >= 0.6 is 11.6 Å². The molecule has 1 aliphatic heterocycles. The number of fused-ring (bicyclic) bond motifs is 2. The van der Waals surface area contributed by atoms with Gasteiger partial charge in [0, 0.05) is 24.1 Å². The molecule has 1 aliphatic rings. The first-order valence-corrected chi connectivity index (χ1v) is 10.8. The maximum absolute atomic E-state index is 13.2. The van der Waals surface area contributed by atoms with Crippen LogP contribution in [0, 0.1) is 0 Å². The second-order valence-electron chi connectivity index (χ2n) is 7.64. The molecule has 0 saturated carbocycles. The van der Waals surface area contributed by atoms with E-state index in [2.05, 4.69) is 15.3 Å². The average Bonchev–Trinajstić information content (AvgIpc) is 3.05. The summed E-state index contributed by atoms with van der Waals surface area (Å²) in [5.41, 5.74) is 1.71. The number of aliphatic hydroxyl groups excluding tert-OH is 2. The Hall–Kier alpha value is -3.07. The Morgan fingerprint density at radius 1 is 1.12 bits per heavy atom.